The molecule has 0 saturated heterocycles. The number of hydrogen-bond donors (Lipinski definition) is 0. The van der Waals surface area contributed by atoms with Crippen LogP contribution in [0.2, 0.25) is 0 Å². The fraction of sp³-hybridized carbons (Fsp3) is 0. The minimum atomic E-state index is 0.796. The van der Waals surface area contributed by atoms with Crippen LogP contribution in [0.3, 0.4) is 0 Å². The first-order chi connectivity index (χ1) is 20.4. The number of para-hydroxylation sites is 3. The van der Waals surface area contributed by atoms with Gasteiger partial charge in [0.15, 0.2) is 12.0 Å². The lowest BCUT2D eigenvalue weighted by Gasteiger charge is -2.14. The molecular weight excluding hydrogens is 502 g/mol. The smallest absolute Gasteiger partial charge is 0.182 e. The van der Waals surface area contributed by atoms with Gasteiger partial charge in [0.1, 0.15) is 5.52 Å². The third-order valence-electron chi connectivity index (χ3n) is 8.24. The van der Waals surface area contributed by atoms with Crippen molar-refractivity contribution < 1.29 is 4.42 Å². The van der Waals surface area contributed by atoms with Crippen molar-refractivity contribution in [3.05, 3.63) is 140 Å². The van der Waals surface area contributed by atoms with E-state index in [1.165, 1.54) is 44.5 Å². The molecule has 0 aliphatic rings. The van der Waals surface area contributed by atoms with Gasteiger partial charge in [-0.15, -0.1) is 0 Å². The van der Waals surface area contributed by atoms with E-state index >= 15 is 0 Å². The van der Waals surface area contributed by atoms with E-state index in [4.69, 9.17) is 4.42 Å². The van der Waals surface area contributed by atoms with Crippen molar-refractivity contribution >= 4 is 54.7 Å². The van der Waals surface area contributed by atoms with Gasteiger partial charge in [0, 0.05) is 38.5 Å². The predicted molar refractivity (Wildman–Crippen MR) is 168 cm³/mol. The summed E-state index contributed by atoms with van der Waals surface area (Å²) in [5.41, 5.74) is 10.6. The van der Waals surface area contributed by atoms with Gasteiger partial charge in [-0.3, -0.25) is 0 Å². The molecule has 3 aromatic heterocycles. The monoisotopic (exact) mass is 525 g/mol. The zero-order chi connectivity index (χ0) is 26.9. The van der Waals surface area contributed by atoms with Crippen LogP contribution in [0.5, 0.6) is 0 Å². The summed E-state index contributed by atoms with van der Waals surface area (Å²) in [6, 6.07) is 47.4. The predicted octanol–water partition coefficient (Wildman–Crippen LogP) is 9.69. The van der Waals surface area contributed by atoms with Crippen LogP contribution in [0, 0.1) is 0 Å². The lowest BCUT2D eigenvalue weighted by Crippen LogP contribution is -1.99. The van der Waals surface area contributed by atoms with E-state index in [1.54, 1.807) is 0 Å². The fourth-order valence-electron chi connectivity index (χ4n) is 6.53. The molecule has 0 atom stereocenters. The Kier molecular flexibility index (Phi) is 4.58. The van der Waals surface area contributed by atoms with Crippen LogP contribution in [0.4, 0.5) is 0 Å². The van der Waals surface area contributed by atoms with E-state index in [2.05, 4.69) is 142 Å². The number of hydrogen-bond acceptors (Lipinski definition) is 2. The highest BCUT2D eigenvalue weighted by molar-refractivity contribution is 6.23. The molecule has 4 nitrogen and oxygen atoms in total. The van der Waals surface area contributed by atoms with Gasteiger partial charge in [-0.2, -0.15) is 0 Å². The Balaban J connectivity index is 1.51. The standard InChI is InChI=1S/C37H23N3O/c1-3-11-24(12-4-1)31-21-26(22-32-37(31)41-23-38-32)40-34-18-10-8-16-28(34)30-20-19-29-27-15-7-9-17-33(27)39(35(29)36(30)40)25-13-5-2-6-14-25/h1-23H. The second-order valence-corrected chi connectivity index (χ2v) is 10.5. The summed E-state index contributed by atoms with van der Waals surface area (Å²) >= 11 is 0. The van der Waals surface area contributed by atoms with E-state index in [-0.39, 0.29) is 0 Å². The molecule has 0 bridgehead atoms. The largest absolute Gasteiger partial charge is 0.443 e. The van der Waals surface area contributed by atoms with Gasteiger partial charge in [-0.25, -0.2) is 4.98 Å². The van der Waals surface area contributed by atoms with Crippen molar-refractivity contribution in [3.63, 3.8) is 0 Å². The summed E-state index contributed by atoms with van der Waals surface area (Å²) in [5, 5.41) is 4.90. The molecular formula is C37H23N3O. The van der Waals surface area contributed by atoms with Crippen LogP contribution < -0.4 is 0 Å². The fourth-order valence-corrected chi connectivity index (χ4v) is 6.53. The Hall–Kier alpha value is -5.61. The van der Waals surface area contributed by atoms with Crippen LogP contribution in [-0.2, 0) is 0 Å². The second-order valence-electron chi connectivity index (χ2n) is 10.5. The molecule has 0 aliphatic carbocycles. The molecule has 4 heteroatoms. The minimum Gasteiger partial charge on any atom is -0.443 e. The Labute approximate surface area is 235 Å². The Bertz CT molecular complexity index is 2410. The molecule has 3 heterocycles. The highest BCUT2D eigenvalue weighted by Crippen LogP contribution is 2.42. The molecule has 0 aliphatic heterocycles. The lowest BCUT2D eigenvalue weighted by molar-refractivity contribution is 0.603. The quantitative estimate of drug-likeness (QED) is 0.230. The Morgan fingerprint density at radius 3 is 1.71 bits per heavy atom. The van der Waals surface area contributed by atoms with Crippen molar-refractivity contribution in [2.24, 2.45) is 0 Å². The number of nitrogens with zero attached hydrogens (tertiary/aromatic N) is 3. The highest BCUT2D eigenvalue weighted by atomic mass is 16.3. The van der Waals surface area contributed by atoms with Crippen LogP contribution >= 0.6 is 0 Å². The van der Waals surface area contributed by atoms with E-state index in [9.17, 15) is 0 Å². The van der Waals surface area contributed by atoms with Gasteiger partial charge in [-0.1, -0.05) is 97.1 Å². The highest BCUT2D eigenvalue weighted by Gasteiger charge is 2.22. The third kappa shape index (κ3) is 3.13. The van der Waals surface area contributed by atoms with Crippen LogP contribution in [0.1, 0.15) is 0 Å². The first kappa shape index (κ1) is 22.2. The summed E-state index contributed by atoms with van der Waals surface area (Å²) in [7, 11) is 0. The zero-order valence-electron chi connectivity index (χ0n) is 22.0. The number of fused-ring (bicyclic) bond motifs is 8. The topological polar surface area (TPSA) is 35.9 Å². The molecule has 0 unspecified atom stereocenters. The van der Waals surface area contributed by atoms with E-state index < -0.39 is 0 Å². The van der Waals surface area contributed by atoms with Crippen molar-refractivity contribution in [2.75, 3.05) is 0 Å². The van der Waals surface area contributed by atoms with E-state index in [0.717, 1.165) is 39.1 Å². The molecule has 0 N–H and O–H groups in total. The summed E-state index contributed by atoms with van der Waals surface area (Å²) in [5.74, 6) is 0. The lowest BCUT2D eigenvalue weighted by atomic mass is 10.0. The molecule has 0 spiro atoms. The number of aromatic nitrogens is 3. The number of rotatable bonds is 3. The molecule has 9 rings (SSSR count). The number of benzene rings is 6. The first-order valence-electron chi connectivity index (χ1n) is 13.8. The van der Waals surface area contributed by atoms with Crippen molar-refractivity contribution in [3.8, 4) is 22.5 Å². The van der Waals surface area contributed by atoms with Gasteiger partial charge in [0.2, 0.25) is 0 Å². The molecule has 9 aromatic rings. The maximum absolute atomic E-state index is 5.91. The third-order valence-corrected chi connectivity index (χ3v) is 8.24. The molecule has 0 radical (unpaired) electrons. The Morgan fingerprint density at radius 1 is 0.488 bits per heavy atom. The van der Waals surface area contributed by atoms with Gasteiger partial charge in [0.25, 0.3) is 0 Å². The average molecular weight is 526 g/mol. The van der Waals surface area contributed by atoms with Gasteiger partial charge in [0.05, 0.1) is 22.1 Å². The maximum atomic E-state index is 5.91. The number of oxazole rings is 1. The second kappa shape index (κ2) is 8.44. The normalized spacial score (nSPS) is 11.9. The van der Waals surface area contributed by atoms with Crippen LogP contribution in [-0.4, -0.2) is 14.1 Å². The molecule has 41 heavy (non-hydrogen) atoms. The van der Waals surface area contributed by atoms with Gasteiger partial charge >= 0.3 is 0 Å². The maximum Gasteiger partial charge on any atom is 0.182 e. The molecule has 192 valence electrons. The molecule has 0 amide bonds. The molecule has 0 fully saturated rings. The van der Waals surface area contributed by atoms with Crippen molar-refractivity contribution in [1.82, 2.24) is 14.1 Å². The van der Waals surface area contributed by atoms with Gasteiger partial charge in [-0.05, 0) is 42.0 Å². The summed E-state index contributed by atoms with van der Waals surface area (Å²) < 4.78 is 10.7. The van der Waals surface area contributed by atoms with E-state index in [1.807, 2.05) is 6.07 Å². The summed E-state index contributed by atoms with van der Waals surface area (Å²) in [6.45, 7) is 0. The SMILES string of the molecule is c1ccc(-c2cc(-n3c4ccccc4c4ccc5c6ccccc6n(-c6ccccc6)c5c43)cc3ncoc23)cc1. The van der Waals surface area contributed by atoms with Crippen LogP contribution in [0.25, 0.3) is 77.2 Å². The first-order valence-corrected chi connectivity index (χ1v) is 13.8. The average Bonchev–Trinajstić information content (AvgIpc) is 3.74. The molecule has 6 aromatic carbocycles. The van der Waals surface area contributed by atoms with Crippen LogP contribution in [0.15, 0.2) is 144 Å². The van der Waals surface area contributed by atoms with Crippen molar-refractivity contribution in [2.45, 2.75) is 0 Å². The van der Waals surface area contributed by atoms with Crippen molar-refractivity contribution in [1.29, 1.82) is 0 Å². The molecule has 0 saturated carbocycles. The van der Waals surface area contributed by atoms with Gasteiger partial charge < -0.3 is 13.6 Å². The minimum absolute atomic E-state index is 0.796. The zero-order valence-corrected chi connectivity index (χ0v) is 22.0. The summed E-state index contributed by atoms with van der Waals surface area (Å²) in [6.07, 6.45) is 1.54. The Morgan fingerprint density at radius 2 is 1.05 bits per heavy atom. The summed E-state index contributed by atoms with van der Waals surface area (Å²) in [4.78, 5) is 4.61. The van der Waals surface area contributed by atoms with E-state index in [0.29, 0.717) is 0 Å².